The average Bonchev–Trinajstić information content (AvgIpc) is 3.08. The molecule has 1 N–H and O–H groups in total. The molecule has 0 spiro atoms. The maximum Gasteiger partial charge on any atom is 0.254 e. The van der Waals surface area contributed by atoms with E-state index in [0.717, 1.165) is 66.7 Å². The highest BCUT2D eigenvalue weighted by molar-refractivity contribution is 5.94. The first-order valence-corrected chi connectivity index (χ1v) is 11.2. The van der Waals surface area contributed by atoms with Crippen molar-refractivity contribution in [3.05, 3.63) is 82.7 Å². The van der Waals surface area contributed by atoms with E-state index in [1.165, 1.54) is 0 Å². The summed E-state index contributed by atoms with van der Waals surface area (Å²) in [6.45, 7) is 5.53. The standard InChI is InChI=1S/C26H31N3O2/c1-19-15-20(2)29(27-19)18-22-8-5-9-23(16-22)26(31)28-14-4-3-10-24(28)13-12-21-7-6-11-25(30)17-21/h5-9,11,15-17,24,30H,3-4,10,12-14,18H2,1-2H3. The van der Waals surface area contributed by atoms with Gasteiger partial charge in [-0.05, 0) is 87.4 Å². The van der Waals surface area contributed by atoms with Crippen LogP contribution in [0.1, 0.15) is 58.6 Å². The number of phenolic OH excluding ortho intramolecular Hbond substituents is 1. The van der Waals surface area contributed by atoms with Crippen LogP contribution >= 0.6 is 0 Å². The molecule has 31 heavy (non-hydrogen) atoms. The third kappa shape index (κ3) is 5.16. The van der Waals surface area contributed by atoms with Crippen molar-refractivity contribution in [1.29, 1.82) is 0 Å². The number of carbonyl (C=O) groups excluding carboxylic acids is 1. The molecule has 1 aliphatic rings. The molecule has 162 valence electrons. The molecule has 0 saturated carbocycles. The lowest BCUT2D eigenvalue weighted by Crippen LogP contribution is -2.44. The molecule has 2 heterocycles. The highest BCUT2D eigenvalue weighted by Crippen LogP contribution is 2.24. The fourth-order valence-corrected chi connectivity index (χ4v) is 4.59. The molecular weight excluding hydrogens is 386 g/mol. The van der Waals surface area contributed by atoms with Crippen molar-refractivity contribution in [2.45, 2.75) is 58.5 Å². The van der Waals surface area contributed by atoms with Crippen LogP contribution < -0.4 is 0 Å². The van der Waals surface area contributed by atoms with Gasteiger partial charge in [-0.15, -0.1) is 0 Å². The van der Waals surface area contributed by atoms with Crippen LogP contribution in [0.15, 0.2) is 54.6 Å². The summed E-state index contributed by atoms with van der Waals surface area (Å²) in [4.78, 5) is 15.5. The molecule has 1 aromatic heterocycles. The zero-order valence-electron chi connectivity index (χ0n) is 18.4. The Morgan fingerprint density at radius 1 is 1.06 bits per heavy atom. The van der Waals surface area contributed by atoms with E-state index >= 15 is 0 Å². The Labute approximate surface area is 184 Å². The molecule has 1 fully saturated rings. The average molecular weight is 418 g/mol. The maximum atomic E-state index is 13.4. The number of aromatic hydroxyl groups is 1. The number of rotatable bonds is 6. The molecule has 0 aliphatic carbocycles. The summed E-state index contributed by atoms with van der Waals surface area (Å²) >= 11 is 0. The monoisotopic (exact) mass is 417 g/mol. The van der Waals surface area contributed by atoms with Gasteiger partial charge in [-0.3, -0.25) is 9.48 Å². The highest BCUT2D eigenvalue weighted by Gasteiger charge is 2.27. The minimum Gasteiger partial charge on any atom is -0.508 e. The normalized spacial score (nSPS) is 16.5. The van der Waals surface area contributed by atoms with Crippen molar-refractivity contribution in [2.75, 3.05) is 6.54 Å². The van der Waals surface area contributed by atoms with Crippen LogP contribution in [0, 0.1) is 13.8 Å². The minimum atomic E-state index is 0.121. The van der Waals surface area contributed by atoms with Gasteiger partial charge in [0.2, 0.25) is 0 Å². The number of phenols is 1. The summed E-state index contributed by atoms with van der Waals surface area (Å²) in [7, 11) is 0. The third-order valence-corrected chi connectivity index (χ3v) is 6.17. The first-order valence-electron chi connectivity index (χ1n) is 11.2. The molecule has 5 nitrogen and oxygen atoms in total. The molecule has 1 unspecified atom stereocenters. The quantitative estimate of drug-likeness (QED) is 0.622. The number of carbonyl (C=O) groups is 1. The molecule has 3 aromatic rings. The lowest BCUT2D eigenvalue weighted by molar-refractivity contribution is 0.0601. The lowest BCUT2D eigenvalue weighted by Gasteiger charge is -2.36. The Morgan fingerprint density at radius 2 is 1.87 bits per heavy atom. The fourth-order valence-electron chi connectivity index (χ4n) is 4.59. The van der Waals surface area contributed by atoms with Gasteiger partial charge in [-0.1, -0.05) is 24.3 Å². The summed E-state index contributed by atoms with van der Waals surface area (Å²) in [5.41, 5.74) is 5.09. The maximum absolute atomic E-state index is 13.4. The van der Waals surface area contributed by atoms with Crippen LogP contribution in [-0.4, -0.2) is 38.3 Å². The molecule has 1 amide bonds. The van der Waals surface area contributed by atoms with E-state index in [2.05, 4.69) is 29.1 Å². The number of nitrogens with zero attached hydrogens (tertiary/aromatic N) is 3. The van der Waals surface area contributed by atoms with Crippen molar-refractivity contribution < 1.29 is 9.90 Å². The molecule has 0 bridgehead atoms. The molecule has 4 rings (SSSR count). The van der Waals surface area contributed by atoms with E-state index in [9.17, 15) is 9.90 Å². The predicted molar refractivity (Wildman–Crippen MR) is 122 cm³/mol. The second-order valence-corrected chi connectivity index (χ2v) is 8.64. The topological polar surface area (TPSA) is 58.4 Å². The number of piperidine rings is 1. The first-order chi connectivity index (χ1) is 15.0. The van der Waals surface area contributed by atoms with Crippen LogP contribution in [0.3, 0.4) is 0 Å². The van der Waals surface area contributed by atoms with Gasteiger partial charge in [0.25, 0.3) is 5.91 Å². The summed E-state index contributed by atoms with van der Waals surface area (Å²) < 4.78 is 1.98. The van der Waals surface area contributed by atoms with Gasteiger partial charge in [0, 0.05) is 23.8 Å². The number of aryl methyl sites for hydroxylation is 3. The number of aromatic nitrogens is 2. The number of hydrogen-bond acceptors (Lipinski definition) is 3. The van der Waals surface area contributed by atoms with E-state index < -0.39 is 0 Å². The van der Waals surface area contributed by atoms with Crippen LogP contribution in [0.25, 0.3) is 0 Å². The van der Waals surface area contributed by atoms with Crippen LogP contribution in [-0.2, 0) is 13.0 Å². The van der Waals surface area contributed by atoms with E-state index in [4.69, 9.17) is 0 Å². The lowest BCUT2D eigenvalue weighted by atomic mass is 9.94. The zero-order chi connectivity index (χ0) is 21.8. The van der Waals surface area contributed by atoms with Crippen LogP contribution in [0.4, 0.5) is 0 Å². The van der Waals surface area contributed by atoms with E-state index in [1.54, 1.807) is 6.07 Å². The van der Waals surface area contributed by atoms with Crippen molar-refractivity contribution in [3.63, 3.8) is 0 Å². The van der Waals surface area contributed by atoms with Crippen LogP contribution in [0.5, 0.6) is 5.75 Å². The second-order valence-electron chi connectivity index (χ2n) is 8.64. The summed E-state index contributed by atoms with van der Waals surface area (Å²) in [6.07, 6.45) is 5.03. The van der Waals surface area contributed by atoms with Gasteiger partial charge in [0.15, 0.2) is 0 Å². The summed E-state index contributed by atoms with van der Waals surface area (Å²) in [6, 6.07) is 17.7. The molecule has 5 heteroatoms. The SMILES string of the molecule is Cc1cc(C)n(Cc2cccc(C(=O)N3CCCCC3CCc3cccc(O)c3)c2)n1. The Balaban J connectivity index is 1.47. The molecule has 0 radical (unpaired) electrons. The Morgan fingerprint density at radius 3 is 2.65 bits per heavy atom. The van der Waals surface area contributed by atoms with Gasteiger partial charge in [0.1, 0.15) is 5.75 Å². The summed E-state index contributed by atoms with van der Waals surface area (Å²) in [5, 5.41) is 14.3. The van der Waals surface area contributed by atoms with Crippen molar-refractivity contribution >= 4 is 5.91 Å². The molecule has 1 saturated heterocycles. The van der Waals surface area contributed by atoms with E-state index in [1.807, 2.05) is 48.0 Å². The molecule has 1 atom stereocenters. The van der Waals surface area contributed by atoms with Gasteiger partial charge < -0.3 is 10.0 Å². The van der Waals surface area contributed by atoms with Gasteiger partial charge in [-0.2, -0.15) is 5.10 Å². The Kier molecular flexibility index (Phi) is 6.40. The Bertz CT molecular complexity index is 1060. The van der Waals surface area contributed by atoms with Gasteiger partial charge in [-0.25, -0.2) is 0 Å². The largest absolute Gasteiger partial charge is 0.508 e. The van der Waals surface area contributed by atoms with Crippen LogP contribution in [0.2, 0.25) is 0 Å². The van der Waals surface area contributed by atoms with Gasteiger partial charge >= 0.3 is 0 Å². The number of hydrogen-bond donors (Lipinski definition) is 1. The number of likely N-dealkylation sites (tertiary alicyclic amines) is 1. The predicted octanol–water partition coefficient (Wildman–Crippen LogP) is 4.88. The van der Waals surface area contributed by atoms with Crippen molar-refractivity contribution in [2.24, 2.45) is 0 Å². The number of amides is 1. The third-order valence-electron chi connectivity index (χ3n) is 6.17. The minimum absolute atomic E-state index is 0.121. The summed E-state index contributed by atoms with van der Waals surface area (Å²) in [5.74, 6) is 0.421. The molecule has 1 aliphatic heterocycles. The molecular formula is C26H31N3O2. The second kappa shape index (κ2) is 9.38. The van der Waals surface area contributed by atoms with E-state index in [0.29, 0.717) is 12.3 Å². The van der Waals surface area contributed by atoms with E-state index in [-0.39, 0.29) is 11.9 Å². The van der Waals surface area contributed by atoms with Crippen molar-refractivity contribution in [1.82, 2.24) is 14.7 Å². The Hall–Kier alpha value is -3.08. The molecule has 2 aromatic carbocycles. The first kappa shape index (κ1) is 21.2. The smallest absolute Gasteiger partial charge is 0.254 e. The van der Waals surface area contributed by atoms with Gasteiger partial charge in [0.05, 0.1) is 12.2 Å². The highest BCUT2D eigenvalue weighted by atomic mass is 16.3. The fraction of sp³-hybridized carbons (Fsp3) is 0.385. The zero-order valence-corrected chi connectivity index (χ0v) is 18.4. The van der Waals surface area contributed by atoms with Crippen molar-refractivity contribution in [3.8, 4) is 5.75 Å². The number of benzene rings is 2.